The van der Waals surface area contributed by atoms with Crippen LogP contribution >= 0.6 is 11.3 Å². The highest BCUT2D eigenvalue weighted by atomic mass is 32.1. The zero-order chi connectivity index (χ0) is 24.2. The summed E-state index contributed by atoms with van der Waals surface area (Å²) in [6.45, 7) is 2.34. The van der Waals surface area contributed by atoms with Crippen molar-refractivity contribution >= 4 is 50.1 Å². The molecule has 1 aliphatic heterocycles. The van der Waals surface area contributed by atoms with E-state index in [-0.39, 0.29) is 24.1 Å². The lowest BCUT2D eigenvalue weighted by molar-refractivity contribution is -0.128. The first-order valence-electron chi connectivity index (χ1n) is 10.8. The molecule has 3 amide bonds. The first kappa shape index (κ1) is 23.5. The summed E-state index contributed by atoms with van der Waals surface area (Å²) in [7, 11) is 3.17. The summed E-state index contributed by atoms with van der Waals surface area (Å²) < 4.78 is 11.4. The lowest BCUT2D eigenvalue weighted by Crippen LogP contribution is -2.30. The van der Waals surface area contributed by atoms with Gasteiger partial charge in [0.25, 0.3) is 0 Å². The number of nitrogens with zero attached hydrogens (tertiary/aromatic N) is 2. The number of hydrogen-bond donors (Lipinski definition) is 2. The van der Waals surface area contributed by atoms with Crippen molar-refractivity contribution in [2.24, 2.45) is 5.92 Å². The molecule has 2 aromatic carbocycles. The second kappa shape index (κ2) is 10.1. The SMILES string of the molecule is COc1ccc(CCN2CC(C(=O)Nc3nc4ccc(NC(C)=O)cc4s3)CC2=O)cc1OC. The first-order valence-corrected chi connectivity index (χ1v) is 11.7. The largest absolute Gasteiger partial charge is 0.493 e. The summed E-state index contributed by atoms with van der Waals surface area (Å²) in [6, 6.07) is 11.1. The number of thiazole rings is 1. The molecular formula is C24H26N4O5S. The molecule has 0 bridgehead atoms. The van der Waals surface area contributed by atoms with Crippen LogP contribution in [0.25, 0.3) is 10.2 Å². The zero-order valence-corrected chi connectivity index (χ0v) is 20.0. The molecule has 178 valence electrons. The molecule has 1 fully saturated rings. The number of aromatic nitrogens is 1. The predicted molar refractivity (Wildman–Crippen MR) is 130 cm³/mol. The Hall–Kier alpha value is -3.66. The van der Waals surface area contributed by atoms with Crippen LogP contribution < -0.4 is 20.1 Å². The van der Waals surface area contributed by atoms with E-state index in [2.05, 4.69) is 15.6 Å². The summed E-state index contributed by atoms with van der Waals surface area (Å²) in [5.74, 6) is 0.457. The summed E-state index contributed by atoms with van der Waals surface area (Å²) in [5, 5.41) is 6.05. The molecule has 34 heavy (non-hydrogen) atoms. The molecule has 3 aromatic rings. The second-order valence-corrected chi connectivity index (χ2v) is 9.08. The molecule has 4 rings (SSSR count). The monoisotopic (exact) mass is 482 g/mol. The zero-order valence-electron chi connectivity index (χ0n) is 19.2. The standard InChI is InChI=1S/C24H26N4O5S/c1-14(29)25-17-5-6-18-21(12-17)34-24(26-18)27-23(31)16-11-22(30)28(13-16)9-8-15-4-7-19(32-2)20(10-15)33-3/h4-7,10,12,16H,8-9,11,13H2,1-3H3,(H,25,29)(H,26,27,31). The minimum absolute atomic E-state index is 0.0372. The van der Waals surface area contributed by atoms with Gasteiger partial charge >= 0.3 is 0 Å². The Labute approximate surface area is 201 Å². The van der Waals surface area contributed by atoms with E-state index in [4.69, 9.17) is 9.47 Å². The number of rotatable bonds is 8. The van der Waals surface area contributed by atoms with Crippen molar-refractivity contribution in [1.82, 2.24) is 9.88 Å². The van der Waals surface area contributed by atoms with Crippen LogP contribution in [0.2, 0.25) is 0 Å². The van der Waals surface area contributed by atoms with Gasteiger partial charge in [0.15, 0.2) is 16.6 Å². The average Bonchev–Trinajstić information content (AvgIpc) is 3.39. The second-order valence-electron chi connectivity index (χ2n) is 8.05. The number of carbonyl (C=O) groups excluding carboxylic acids is 3. The Morgan fingerprint density at radius 1 is 1.12 bits per heavy atom. The number of amides is 3. The molecule has 2 heterocycles. The predicted octanol–water partition coefficient (Wildman–Crippen LogP) is 3.30. The van der Waals surface area contributed by atoms with Gasteiger partial charge in [0.1, 0.15) is 0 Å². The van der Waals surface area contributed by atoms with Crippen LogP contribution in [0.1, 0.15) is 18.9 Å². The van der Waals surface area contributed by atoms with Gasteiger partial charge in [-0.25, -0.2) is 4.98 Å². The molecule has 2 N–H and O–H groups in total. The number of benzene rings is 2. The smallest absolute Gasteiger partial charge is 0.231 e. The van der Waals surface area contributed by atoms with Crippen molar-refractivity contribution in [3.63, 3.8) is 0 Å². The number of likely N-dealkylation sites (tertiary alicyclic amines) is 1. The van der Waals surface area contributed by atoms with E-state index in [1.54, 1.807) is 31.3 Å². The van der Waals surface area contributed by atoms with Crippen LogP contribution in [0.5, 0.6) is 11.5 Å². The van der Waals surface area contributed by atoms with Crippen molar-refractivity contribution < 1.29 is 23.9 Å². The van der Waals surface area contributed by atoms with Crippen LogP contribution in [0.15, 0.2) is 36.4 Å². The highest BCUT2D eigenvalue weighted by Crippen LogP contribution is 2.30. The summed E-state index contributed by atoms with van der Waals surface area (Å²) in [4.78, 5) is 42.7. The van der Waals surface area contributed by atoms with Crippen LogP contribution in [-0.2, 0) is 20.8 Å². The number of anilines is 2. The molecule has 1 atom stereocenters. The molecule has 1 unspecified atom stereocenters. The van der Waals surface area contributed by atoms with E-state index in [0.29, 0.717) is 41.8 Å². The molecule has 0 saturated carbocycles. The van der Waals surface area contributed by atoms with Crippen molar-refractivity contribution in [3.05, 3.63) is 42.0 Å². The molecule has 10 heteroatoms. The number of nitrogens with one attached hydrogen (secondary N) is 2. The van der Waals surface area contributed by atoms with Gasteiger partial charge in [-0.05, 0) is 42.3 Å². The molecule has 0 aliphatic carbocycles. The maximum atomic E-state index is 12.8. The quantitative estimate of drug-likeness (QED) is 0.510. The van der Waals surface area contributed by atoms with Gasteiger partial charge in [0, 0.05) is 32.1 Å². The molecule has 1 saturated heterocycles. The topological polar surface area (TPSA) is 110 Å². The molecule has 9 nitrogen and oxygen atoms in total. The van der Waals surface area contributed by atoms with Crippen LogP contribution in [-0.4, -0.2) is 54.9 Å². The lowest BCUT2D eigenvalue weighted by Gasteiger charge is -2.17. The van der Waals surface area contributed by atoms with Gasteiger partial charge in [-0.3, -0.25) is 14.4 Å². The Morgan fingerprint density at radius 3 is 2.65 bits per heavy atom. The molecule has 1 aliphatic rings. The number of fused-ring (bicyclic) bond motifs is 1. The van der Waals surface area contributed by atoms with Crippen molar-refractivity contribution in [2.45, 2.75) is 19.8 Å². The van der Waals surface area contributed by atoms with Crippen molar-refractivity contribution in [2.75, 3.05) is 37.9 Å². The van der Waals surface area contributed by atoms with E-state index in [0.717, 1.165) is 15.8 Å². The van der Waals surface area contributed by atoms with Gasteiger partial charge in [-0.2, -0.15) is 0 Å². The molecule has 0 radical (unpaired) electrons. The third-order valence-electron chi connectivity index (χ3n) is 5.64. The fraction of sp³-hybridized carbons (Fsp3) is 0.333. The van der Waals surface area contributed by atoms with Crippen molar-refractivity contribution in [3.8, 4) is 11.5 Å². The van der Waals surface area contributed by atoms with Gasteiger partial charge < -0.3 is 25.0 Å². The van der Waals surface area contributed by atoms with Gasteiger partial charge in [-0.15, -0.1) is 0 Å². The maximum Gasteiger partial charge on any atom is 0.231 e. The average molecular weight is 483 g/mol. The fourth-order valence-corrected chi connectivity index (χ4v) is 4.84. The van der Waals surface area contributed by atoms with E-state index in [1.165, 1.54) is 18.3 Å². The highest BCUT2D eigenvalue weighted by Gasteiger charge is 2.34. The van der Waals surface area contributed by atoms with E-state index >= 15 is 0 Å². The number of hydrogen-bond acceptors (Lipinski definition) is 7. The van der Waals surface area contributed by atoms with E-state index < -0.39 is 5.92 Å². The highest BCUT2D eigenvalue weighted by molar-refractivity contribution is 7.22. The summed E-state index contributed by atoms with van der Waals surface area (Å²) in [5.41, 5.74) is 2.42. The number of carbonyl (C=O) groups is 3. The summed E-state index contributed by atoms with van der Waals surface area (Å²) >= 11 is 1.33. The van der Waals surface area contributed by atoms with E-state index in [9.17, 15) is 14.4 Å². The molecular weight excluding hydrogens is 456 g/mol. The Kier molecular flexibility index (Phi) is 6.97. The third-order valence-corrected chi connectivity index (χ3v) is 6.58. The Balaban J connectivity index is 1.35. The van der Waals surface area contributed by atoms with Crippen LogP contribution in [0.3, 0.4) is 0 Å². The van der Waals surface area contributed by atoms with Gasteiger partial charge in [0.05, 0.1) is 30.4 Å². The molecule has 0 spiro atoms. The third kappa shape index (κ3) is 5.28. The summed E-state index contributed by atoms with van der Waals surface area (Å²) in [6.07, 6.45) is 0.824. The molecule has 1 aromatic heterocycles. The van der Waals surface area contributed by atoms with E-state index in [1.807, 2.05) is 24.3 Å². The minimum atomic E-state index is -0.431. The van der Waals surface area contributed by atoms with Crippen LogP contribution in [0, 0.1) is 5.92 Å². The minimum Gasteiger partial charge on any atom is -0.493 e. The number of methoxy groups -OCH3 is 2. The Bertz CT molecular complexity index is 1240. The lowest BCUT2D eigenvalue weighted by atomic mass is 10.1. The first-order chi connectivity index (χ1) is 16.4. The Morgan fingerprint density at radius 2 is 1.91 bits per heavy atom. The van der Waals surface area contributed by atoms with Gasteiger partial charge in [0.2, 0.25) is 17.7 Å². The van der Waals surface area contributed by atoms with Crippen molar-refractivity contribution in [1.29, 1.82) is 0 Å². The fourth-order valence-electron chi connectivity index (χ4n) is 3.93. The van der Waals surface area contributed by atoms with Crippen LogP contribution in [0.4, 0.5) is 10.8 Å². The number of ether oxygens (including phenoxy) is 2. The normalized spacial score (nSPS) is 15.4. The van der Waals surface area contributed by atoms with Gasteiger partial charge in [-0.1, -0.05) is 17.4 Å². The maximum absolute atomic E-state index is 12.8.